The molecule has 1 amide bonds. The molecule has 0 radical (unpaired) electrons. The number of ether oxygens (including phenoxy) is 2. The van der Waals surface area contributed by atoms with Crippen molar-refractivity contribution in [1.82, 2.24) is 5.43 Å². The molecule has 6 nitrogen and oxygen atoms in total. The zero-order valence-electron chi connectivity index (χ0n) is 18.0. The Hall–Kier alpha value is -3.16. The number of rotatable bonds is 8. The van der Waals surface area contributed by atoms with Gasteiger partial charge in [-0.25, -0.2) is 10.2 Å². The molecule has 8 heteroatoms. The average molecular weight is 530 g/mol. The number of carbonyl (C=O) groups excluding carboxylic acids is 2. The number of benzene rings is 3. The summed E-state index contributed by atoms with van der Waals surface area (Å²) in [5.41, 5.74) is 4.32. The van der Waals surface area contributed by atoms with Gasteiger partial charge >= 0.3 is 5.97 Å². The Balaban J connectivity index is 1.60. The van der Waals surface area contributed by atoms with Gasteiger partial charge < -0.3 is 9.47 Å². The Bertz CT molecular complexity index is 1160. The number of nitrogens with zero attached hydrogens (tertiary/aromatic N) is 1. The molecule has 0 atom stereocenters. The van der Waals surface area contributed by atoms with Gasteiger partial charge in [0.2, 0.25) is 0 Å². The van der Waals surface area contributed by atoms with E-state index < -0.39 is 11.9 Å². The predicted molar refractivity (Wildman–Crippen MR) is 132 cm³/mol. The molecule has 0 heterocycles. The van der Waals surface area contributed by atoms with Crippen LogP contribution in [0.2, 0.25) is 5.02 Å². The molecule has 33 heavy (non-hydrogen) atoms. The molecule has 0 saturated carbocycles. The Morgan fingerprint density at radius 3 is 2.52 bits per heavy atom. The van der Waals surface area contributed by atoms with Crippen LogP contribution in [0.1, 0.15) is 41.3 Å². The molecule has 0 aromatic heterocycles. The molecule has 0 unspecified atom stereocenters. The molecule has 3 aromatic carbocycles. The smallest absolute Gasteiger partial charge is 0.345 e. The summed E-state index contributed by atoms with van der Waals surface area (Å²) in [6.07, 6.45) is 1.38. The number of amides is 1. The fraction of sp³-hybridized carbons (Fsp3) is 0.160. The zero-order valence-corrected chi connectivity index (χ0v) is 20.4. The number of hydrazone groups is 1. The molecule has 0 aliphatic carbocycles. The number of nitrogens with one attached hydrogen (secondary N) is 1. The Morgan fingerprint density at radius 1 is 1.09 bits per heavy atom. The Morgan fingerprint density at radius 2 is 1.82 bits per heavy atom. The van der Waals surface area contributed by atoms with Gasteiger partial charge in [0.25, 0.3) is 5.91 Å². The van der Waals surface area contributed by atoms with E-state index in [0.29, 0.717) is 22.3 Å². The van der Waals surface area contributed by atoms with Crippen molar-refractivity contribution in [2.75, 3.05) is 6.61 Å². The summed E-state index contributed by atoms with van der Waals surface area (Å²) in [6, 6.07) is 19.2. The second kappa shape index (κ2) is 11.6. The van der Waals surface area contributed by atoms with Crippen molar-refractivity contribution in [1.29, 1.82) is 0 Å². The molecule has 0 spiro atoms. The number of esters is 1. The Labute approximate surface area is 205 Å². The van der Waals surface area contributed by atoms with E-state index in [0.717, 1.165) is 4.47 Å². The van der Waals surface area contributed by atoms with Crippen LogP contribution in [0.5, 0.6) is 11.5 Å². The van der Waals surface area contributed by atoms with E-state index >= 15 is 0 Å². The fourth-order valence-corrected chi connectivity index (χ4v) is 3.39. The summed E-state index contributed by atoms with van der Waals surface area (Å²) < 4.78 is 11.7. The second-order valence-electron chi connectivity index (χ2n) is 7.36. The van der Waals surface area contributed by atoms with Gasteiger partial charge in [0.1, 0.15) is 11.5 Å². The van der Waals surface area contributed by atoms with Crippen LogP contribution in [0.25, 0.3) is 0 Å². The van der Waals surface area contributed by atoms with Crippen LogP contribution < -0.4 is 14.9 Å². The average Bonchev–Trinajstić information content (AvgIpc) is 2.80. The maximum absolute atomic E-state index is 12.5. The largest absolute Gasteiger partial charge is 0.484 e. The highest BCUT2D eigenvalue weighted by molar-refractivity contribution is 9.10. The third-order valence-electron chi connectivity index (χ3n) is 4.58. The van der Waals surface area contributed by atoms with Crippen molar-refractivity contribution in [2.45, 2.75) is 19.8 Å². The lowest BCUT2D eigenvalue weighted by molar-refractivity contribution is -0.123. The molecular weight excluding hydrogens is 508 g/mol. The van der Waals surface area contributed by atoms with Crippen LogP contribution in [0.3, 0.4) is 0 Å². The van der Waals surface area contributed by atoms with Crippen LogP contribution in [0, 0.1) is 0 Å². The molecule has 1 N–H and O–H groups in total. The van der Waals surface area contributed by atoms with Crippen molar-refractivity contribution in [3.63, 3.8) is 0 Å². The maximum Gasteiger partial charge on any atom is 0.345 e. The normalized spacial score (nSPS) is 10.9. The first-order valence-corrected chi connectivity index (χ1v) is 11.3. The van der Waals surface area contributed by atoms with E-state index in [2.05, 4.69) is 40.3 Å². The van der Waals surface area contributed by atoms with E-state index in [9.17, 15) is 9.59 Å². The molecule has 170 valence electrons. The molecule has 0 aliphatic rings. The monoisotopic (exact) mass is 528 g/mol. The number of halogens is 2. The molecular formula is C25H22BrClN2O4. The van der Waals surface area contributed by atoms with Crippen molar-refractivity contribution >= 4 is 45.6 Å². The van der Waals surface area contributed by atoms with Gasteiger partial charge in [-0.3, -0.25) is 4.79 Å². The van der Waals surface area contributed by atoms with Crippen molar-refractivity contribution in [3.8, 4) is 11.5 Å². The number of hydrogen-bond donors (Lipinski definition) is 1. The summed E-state index contributed by atoms with van der Waals surface area (Å²) in [7, 11) is 0. The van der Waals surface area contributed by atoms with Crippen molar-refractivity contribution in [2.24, 2.45) is 5.10 Å². The third-order valence-corrected chi connectivity index (χ3v) is 5.40. The van der Waals surface area contributed by atoms with Crippen molar-refractivity contribution in [3.05, 3.63) is 92.9 Å². The minimum Gasteiger partial charge on any atom is -0.484 e. The van der Waals surface area contributed by atoms with Gasteiger partial charge in [0, 0.05) is 10.0 Å². The predicted octanol–water partition coefficient (Wildman–Crippen LogP) is 5.97. The minimum absolute atomic E-state index is 0.189. The van der Waals surface area contributed by atoms with E-state index in [1.165, 1.54) is 11.8 Å². The number of carbonyl (C=O) groups is 2. The molecule has 0 bridgehead atoms. The molecule has 0 saturated heterocycles. The highest BCUT2D eigenvalue weighted by Gasteiger charge is 2.14. The first-order valence-electron chi connectivity index (χ1n) is 10.1. The van der Waals surface area contributed by atoms with Gasteiger partial charge in [-0.2, -0.15) is 5.10 Å². The summed E-state index contributed by atoms with van der Waals surface area (Å²) in [6.45, 7) is 4.02. The van der Waals surface area contributed by atoms with Crippen LogP contribution in [-0.4, -0.2) is 24.7 Å². The Kier molecular flexibility index (Phi) is 8.63. The van der Waals surface area contributed by atoms with Gasteiger partial charge in [-0.15, -0.1) is 0 Å². The fourth-order valence-electron chi connectivity index (χ4n) is 2.80. The molecule has 0 aliphatic heterocycles. The van der Waals surface area contributed by atoms with Crippen LogP contribution in [0.15, 0.2) is 76.3 Å². The van der Waals surface area contributed by atoms with E-state index in [1.807, 2.05) is 24.3 Å². The molecule has 3 rings (SSSR count). The van der Waals surface area contributed by atoms with Crippen LogP contribution >= 0.6 is 27.5 Å². The highest BCUT2D eigenvalue weighted by atomic mass is 79.9. The molecule has 0 fully saturated rings. The van der Waals surface area contributed by atoms with Crippen LogP contribution in [0.4, 0.5) is 0 Å². The lowest BCUT2D eigenvalue weighted by Gasteiger charge is -2.09. The lowest BCUT2D eigenvalue weighted by Crippen LogP contribution is -2.24. The second-order valence-corrected chi connectivity index (χ2v) is 8.68. The van der Waals surface area contributed by atoms with E-state index in [1.54, 1.807) is 42.5 Å². The van der Waals surface area contributed by atoms with Gasteiger partial charge in [0.15, 0.2) is 6.61 Å². The van der Waals surface area contributed by atoms with Gasteiger partial charge in [-0.1, -0.05) is 65.6 Å². The topological polar surface area (TPSA) is 77.0 Å². The van der Waals surface area contributed by atoms with Crippen molar-refractivity contribution < 1.29 is 19.1 Å². The first-order chi connectivity index (χ1) is 15.8. The van der Waals surface area contributed by atoms with Crippen LogP contribution in [-0.2, 0) is 4.79 Å². The standard InChI is InChI=1S/C25H22BrClN2O4/c1-16(2)17-7-10-20(11-8-17)32-15-24(30)29-28-14-18-13-19(26)9-12-23(18)33-25(31)21-5-3-4-6-22(21)27/h3-14,16H,15H2,1-2H3,(H,29,30)/b28-14-. The SMILES string of the molecule is CC(C)c1ccc(OCC(=O)N/N=C\c2cc(Br)ccc2OC(=O)c2ccccc2Cl)cc1. The van der Waals surface area contributed by atoms with Gasteiger partial charge in [-0.05, 0) is 53.9 Å². The summed E-state index contributed by atoms with van der Waals surface area (Å²) in [5.74, 6) is 0.257. The quantitative estimate of drug-likeness (QED) is 0.169. The lowest BCUT2D eigenvalue weighted by atomic mass is 10.0. The minimum atomic E-state index is -0.599. The number of hydrogen-bond acceptors (Lipinski definition) is 5. The summed E-state index contributed by atoms with van der Waals surface area (Å²) >= 11 is 9.44. The van der Waals surface area contributed by atoms with E-state index in [4.69, 9.17) is 21.1 Å². The van der Waals surface area contributed by atoms with Gasteiger partial charge in [0.05, 0.1) is 16.8 Å². The summed E-state index contributed by atoms with van der Waals surface area (Å²) in [5, 5.41) is 4.24. The first kappa shape index (κ1) is 24.5. The third kappa shape index (κ3) is 7.17. The highest BCUT2D eigenvalue weighted by Crippen LogP contribution is 2.24. The summed E-state index contributed by atoms with van der Waals surface area (Å²) in [4.78, 5) is 24.6. The molecule has 3 aromatic rings. The maximum atomic E-state index is 12.5. The van der Waals surface area contributed by atoms with E-state index in [-0.39, 0.29) is 17.9 Å². The zero-order chi connectivity index (χ0) is 23.8.